The van der Waals surface area contributed by atoms with Crippen molar-refractivity contribution in [1.82, 2.24) is 14.8 Å². The molecule has 2 heterocycles. The van der Waals surface area contributed by atoms with Crippen LogP contribution in [0.4, 0.5) is 5.69 Å². The van der Waals surface area contributed by atoms with E-state index in [1.807, 2.05) is 18.2 Å². The van der Waals surface area contributed by atoms with Gasteiger partial charge in [-0.05, 0) is 31.2 Å². The van der Waals surface area contributed by atoms with Gasteiger partial charge in [-0.2, -0.15) is 0 Å². The smallest absolute Gasteiger partial charge is 0.276 e. The number of carbonyl (C=O) groups excluding carboxylic acids is 1. The third-order valence-corrected chi connectivity index (χ3v) is 6.59. The summed E-state index contributed by atoms with van der Waals surface area (Å²) in [5.74, 6) is -0.125. The van der Waals surface area contributed by atoms with Gasteiger partial charge in [-0.25, -0.2) is 4.98 Å². The van der Waals surface area contributed by atoms with Crippen LogP contribution >= 0.6 is 11.3 Å². The van der Waals surface area contributed by atoms with E-state index in [1.165, 1.54) is 22.9 Å². The molecule has 154 valence electrons. The average Bonchev–Trinajstić information content (AvgIpc) is 3.21. The zero-order valence-corrected chi connectivity index (χ0v) is 17.4. The molecule has 0 saturated carbocycles. The van der Waals surface area contributed by atoms with Crippen molar-refractivity contribution in [2.75, 3.05) is 26.2 Å². The standard InChI is InChI=1S/C22H22N4O3S/c1-16(22-23-18-7-3-5-9-20(18)30-22)24-12-14-25(15-13-24)21(27)11-10-17-6-2-4-8-19(17)26(28)29/h2-11,16H,12-15H2,1H3/b11-10+. The number of thiazole rings is 1. The lowest BCUT2D eigenvalue weighted by molar-refractivity contribution is -0.385. The van der Waals surface area contributed by atoms with Crippen LogP contribution in [0.25, 0.3) is 16.3 Å². The Hall–Kier alpha value is -3.10. The molecule has 7 nitrogen and oxygen atoms in total. The van der Waals surface area contributed by atoms with E-state index in [0.29, 0.717) is 18.7 Å². The average molecular weight is 423 g/mol. The van der Waals surface area contributed by atoms with Gasteiger partial charge >= 0.3 is 0 Å². The highest BCUT2D eigenvalue weighted by atomic mass is 32.1. The van der Waals surface area contributed by atoms with Crippen molar-refractivity contribution in [2.45, 2.75) is 13.0 Å². The van der Waals surface area contributed by atoms with E-state index < -0.39 is 4.92 Å². The molecule has 1 amide bonds. The van der Waals surface area contributed by atoms with Gasteiger partial charge in [0.2, 0.25) is 5.91 Å². The molecule has 0 aliphatic carbocycles. The van der Waals surface area contributed by atoms with E-state index in [0.717, 1.165) is 23.6 Å². The molecule has 4 rings (SSSR count). The summed E-state index contributed by atoms with van der Waals surface area (Å²) in [7, 11) is 0. The van der Waals surface area contributed by atoms with Crippen LogP contribution in [0, 0.1) is 10.1 Å². The summed E-state index contributed by atoms with van der Waals surface area (Å²) in [6.45, 7) is 4.93. The van der Waals surface area contributed by atoms with Gasteiger partial charge in [0.1, 0.15) is 5.01 Å². The molecule has 0 bridgehead atoms. The summed E-state index contributed by atoms with van der Waals surface area (Å²) in [5.41, 5.74) is 1.45. The van der Waals surface area contributed by atoms with Crippen molar-refractivity contribution >= 4 is 39.2 Å². The van der Waals surface area contributed by atoms with Crippen LogP contribution in [0.3, 0.4) is 0 Å². The zero-order valence-electron chi connectivity index (χ0n) is 16.6. The minimum atomic E-state index is -0.438. The van der Waals surface area contributed by atoms with Gasteiger partial charge in [0.05, 0.1) is 26.7 Å². The Labute approximate surface area is 178 Å². The molecule has 8 heteroatoms. The largest absolute Gasteiger partial charge is 0.337 e. The molecule has 30 heavy (non-hydrogen) atoms. The van der Waals surface area contributed by atoms with Crippen molar-refractivity contribution < 1.29 is 9.72 Å². The van der Waals surface area contributed by atoms with E-state index in [4.69, 9.17) is 4.98 Å². The van der Waals surface area contributed by atoms with Crippen molar-refractivity contribution in [2.24, 2.45) is 0 Å². The van der Waals surface area contributed by atoms with Crippen molar-refractivity contribution in [3.8, 4) is 0 Å². The highest BCUT2D eigenvalue weighted by Gasteiger charge is 2.25. The summed E-state index contributed by atoms with van der Waals surface area (Å²) in [4.78, 5) is 32.1. The van der Waals surface area contributed by atoms with Gasteiger partial charge in [-0.1, -0.05) is 24.3 Å². The quantitative estimate of drug-likeness (QED) is 0.351. The fraction of sp³-hybridized carbons (Fsp3) is 0.273. The third-order valence-electron chi connectivity index (χ3n) is 5.38. The highest BCUT2D eigenvalue weighted by Crippen LogP contribution is 2.30. The summed E-state index contributed by atoms with van der Waals surface area (Å²) < 4.78 is 1.19. The van der Waals surface area contributed by atoms with E-state index in [9.17, 15) is 14.9 Å². The fourth-order valence-corrected chi connectivity index (χ4v) is 4.67. The molecule has 1 saturated heterocycles. The lowest BCUT2D eigenvalue weighted by Gasteiger charge is -2.37. The Kier molecular flexibility index (Phi) is 5.87. The maximum Gasteiger partial charge on any atom is 0.276 e. The van der Waals surface area contributed by atoms with Crippen LogP contribution in [0.5, 0.6) is 0 Å². The molecule has 0 spiro atoms. The normalized spacial score (nSPS) is 16.2. The number of nitro groups is 1. The van der Waals surface area contributed by atoms with Gasteiger partial charge in [0.25, 0.3) is 5.69 Å². The number of carbonyl (C=O) groups is 1. The van der Waals surface area contributed by atoms with Gasteiger partial charge in [0, 0.05) is 38.3 Å². The summed E-state index contributed by atoms with van der Waals surface area (Å²) >= 11 is 1.72. The van der Waals surface area contributed by atoms with E-state index in [-0.39, 0.29) is 17.6 Å². The van der Waals surface area contributed by atoms with Crippen LogP contribution < -0.4 is 0 Å². The molecule has 3 aromatic rings. The highest BCUT2D eigenvalue weighted by molar-refractivity contribution is 7.18. The molecular formula is C22H22N4O3S. The molecule has 1 aliphatic heterocycles. The molecule has 1 atom stereocenters. The number of aromatic nitrogens is 1. The Morgan fingerprint density at radius 2 is 1.83 bits per heavy atom. The number of piperazine rings is 1. The Bertz CT molecular complexity index is 1070. The number of benzene rings is 2. The minimum absolute atomic E-state index is 0.00368. The van der Waals surface area contributed by atoms with E-state index >= 15 is 0 Å². The second-order valence-electron chi connectivity index (χ2n) is 7.21. The lowest BCUT2D eigenvalue weighted by Crippen LogP contribution is -2.48. The van der Waals surface area contributed by atoms with Gasteiger partial charge in [-0.3, -0.25) is 19.8 Å². The van der Waals surface area contributed by atoms with Crippen molar-refractivity contribution in [1.29, 1.82) is 0 Å². The Morgan fingerprint density at radius 3 is 2.57 bits per heavy atom. The first kappa shape index (κ1) is 20.2. The first-order valence-electron chi connectivity index (χ1n) is 9.83. The number of fused-ring (bicyclic) bond motifs is 1. The second kappa shape index (κ2) is 8.73. The zero-order chi connectivity index (χ0) is 21.1. The number of hydrogen-bond acceptors (Lipinski definition) is 6. The topological polar surface area (TPSA) is 79.6 Å². The third kappa shape index (κ3) is 4.24. The van der Waals surface area contributed by atoms with Gasteiger partial charge < -0.3 is 4.90 Å². The second-order valence-corrected chi connectivity index (χ2v) is 8.27. The van der Waals surface area contributed by atoms with Gasteiger partial charge in [-0.15, -0.1) is 11.3 Å². The molecule has 1 aromatic heterocycles. The molecular weight excluding hydrogens is 400 g/mol. The van der Waals surface area contributed by atoms with Crippen molar-refractivity contribution in [3.63, 3.8) is 0 Å². The predicted octanol–water partition coefficient (Wildman–Crippen LogP) is 4.12. The maximum absolute atomic E-state index is 12.6. The molecule has 2 aromatic carbocycles. The van der Waals surface area contributed by atoms with Crippen molar-refractivity contribution in [3.05, 3.63) is 75.3 Å². The first-order chi connectivity index (χ1) is 14.5. The number of nitrogens with zero attached hydrogens (tertiary/aromatic N) is 4. The van der Waals surface area contributed by atoms with Crippen LogP contribution in [0.15, 0.2) is 54.6 Å². The van der Waals surface area contributed by atoms with Crippen LogP contribution in [-0.4, -0.2) is 51.8 Å². The van der Waals surface area contributed by atoms with Gasteiger partial charge in [0.15, 0.2) is 0 Å². The summed E-state index contributed by atoms with van der Waals surface area (Å²) in [6.07, 6.45) is 2.95. The number of rotatable bonds is 5. The predicted molar refractivity (Wildman–Crippen MR) is 118 cm³/mol. The maximum atomic E-state index is 12.6. The van der Waals surface area contributed by atoms with Crippen LogP contribution in [0.1, 0.15) is 23.5 Å². The molecule has 0 N–H and O–H groups in total. The Morgan fingerprint density at radius 1 is 1.13 bits per heavy atom. The first-order valence-corrected chi connectivity index (χ1v) is 10.6. The summed E-state index contributed by atoms with van der Waals surface area (Å²) in [6, 6.07) is 14.7. The van der Waals surface area contributed by atoms with Crippen LogP contribution in [0.2, 0.25) is 0 Å². The SMILES string of the molecule is CC(c1nc2ccccc2s1)N1CCN(C(=O)/C=C/c2ccccc2[N+](=O)[O-])CC1. The number of amides is 1. The number of hydrogen-bond donors (Lipinski definition) is 0. The monoisotopic (exact) mass is 422 g/mol. The Balaban J connectivity index is 1.37. The lowest BCUT2D eigenvalue weighted by atomic mass is 10.1. The number of para-hydroxylation sites is 2. The molecule has 1 fully saturated rings. The number of nitro benzene ring substituents is 1. The van der Waals surface area contributed by atoms with E-state index in [1.54, 1.807) is 34.4 Å². The van der Waals surface area contributed by atoms with E-state index in [2.05, 4.69) is 17.9 Å². The molecule has 1 unspecified atom stereocenters. The summed E-state index contributed by atoms with van der Waals surface area (Å²) in [5, 5.41) is 12.2. The molecule has 0 radical (unpaired) electrons. The minimum Gasteiger partial charge on any atom is -0.337 e. The van der Waals surface area contributed by atoms with Crippen LogP contribution in [-0.2, 0) is 4.79 Å². The fourth-order valence-electron chi connectivity index (χ4n) is 3.62. The molecule has 1 aliphatic rings.